The highest BCUT2D eigenvalue weighted by Gasteiger charge is 2.28. The van der Waals surface area contributed by atoms with Gasteiger partial charge in [-0.1, -0.05) is 26.2 Å². The summed E-state index contributed by atoms with van der Waals surface area (Å²) >= 11 is 0. The molecule has 190 valence electrons. The van der Waals surface area contributed by atoms with Crippen molar-refractivity contribution in [2.45, 2.75) is 57.9 Å². The summed E-state index contributed by atoms with van der Waals surface area (Å²) in [4.78, 5) is 23.0. The van der Waals surface area contributed by atoms with Crippen LogP contribution in [0.15, 0.2) is 54.7 Å². The van der Waals surface area contributed by atoms with Crippen LogP contribution in [0, 0.1) is 5.92 Å². The molecule has 0 radical (unpaired) electrons. The molecule has 8 heteroatoms. The number of aryl methyl sites for hydroxylation is 1. The minimum absolute atomic E-state index is 0.0969. The zero-order valence-electron chi connectivity index (χ0n) is 20.7. The molecule has 0 spiro atoms. The highest BCUT2D eigenvalue weighted by molar-refractivity contribution is 5.94. The number of benzene rings is 2. The Morgan fingerprint density at radius 2 is 1.78 bits per heavy atom. The molecule has 1 aliphatic carbocycles. The van der Waals surface area contributed by atoms with Crippen molar-refractivity contribution in [2.75, 3.05) is 11.9 Å². The molecule has 1 unspecified atom stereocenters. The van der Waals surface area contributed by atoms with E-state index in [9.17, 15) is 9.59 Å². The summed E-state index contributed by atoms with van der Waals surface area (Å²) in [6.07, 6.45) is 8.86. The van der Waals surface area contributed by atoms with Gasteiger partial charge in [-0.05, 0) is 61.6 Å². The number of aromatic nitrogens is 2. The van der Waals surface area contributed by atoms with Gasteiger partial charge >= 0.3 is 5.97 Å². The van der Waals surface area contributed by atoms with Crippen molar-refractivity contribution >= 4 is 17.6 Å². The number of carbonyl (C=O) groups excluding carboxylic acids is 1. The van der Waals surface area contributed by atoms with Crippen LogP contribution in [0.2, 0.25) is 0 Å². The van der Waals surface area contributed by atoms with Gasteiger partial charge in [-0.3, -0.25) is 9.59 Å². The minimum atomic E-state index is -0.938. The maximum atomic E-state index is 12.3. The highest BCUT2D eigenvalue weighted by Crippen LogP contribution is 2.38. The molecule has 1 aliphatic rings. The lowest BCUT2D eigenvalue weighted by atomic mass is 9.81. The van der Waals surface area contributed by atoms with E-state index in [-0.39, 0.29) is 24.9 Å². The SMILES string of the molecule is CCc1nn(-c2ccc([OH2+])cc2)cc1C(Nc1ccc(C(=O)NCCC(=O)O)cc1)C1CCCCC1. The Balaban J connectivity index is 1.57. The number of carboxylic acid groups (broad SMARTS) is 1. The zero-order valence-corrected chi connectivity index (χ0v) is 20.7. The second kappa shape index (κ2) is 11.7. The first-order valence-corrected chi connectivity index (χ1v) is 12.7. The number of aliphatic carboxylic acids is 1. The number of hydrogen-bond acceptors (Lipinski definition) is 4. The molecule has 2 aromatic carbocycles. The fraction of sp³-hybridized carbons (Fsp3) is 0.393. The van der Waals surface area contributed by atoms with Gasteiger partial charge in [-0.15, -0.1) is 0 Å². The fourth-order valence-corrected chi connectivity index (χ4v) is 4.90. The lowest BCUT2D eigenvalue weighted by molar-refractivity contribution is -0.136. The van der Waals surface area contributed by atoms with Crippen molar-refractivity contribution in [3.05, 3.63) is 71.5 Å². The molecule has 5 N–H and O–H groups in total. The van der Waals surface area contributed by atoms with E-state index in [4.69, 9.17) is 15.3 Å². The van der Waals surface area contributed by atoms with Gasteiger partial charge in [0.05, 0.1) is 23.8 Å². The molecular formula is C28H35N4O4+. The number of nitrogens with one attached hydrogen (secondary N) is 2. The first-order chi connectivity index (χ1) is 17.4. The number of rotatable bonds is 10. The summed E-state index contributed by atoms with van der Waals surface area (Å²) in [6.45, 7) is 2.23. The van der Waals surface area contributed by atoms with Crippen molar-refractivity contribution in [3.63, 3.8) is 0 Å². The Morgan fingerprint density at radius 3 is 2.42 bits per heavy atom. The van der Waals surface area contributed by atoms with Crippen LogP contribution in [0.4, 0.5) is 5.69 Å². The lowest BCUT2D eigenvalue weighted by Crippen LogP contribution is -2.26. The summed E-state index contributed by atoms with van der Waals surface area (Å²) < 4.78 is 1.91. The van der Waals surface area contributed by atoms with Gasteiger partial charge in [-0.2, -0.15) is 5.10 Å². The normalized spacial score (nSPS) is 14.8. The number of anilines is 1. The van der Waals surface area contributed by atoms with Crippen molar-refractivity contribution in [1.82, 2.24) is 15.1 Å². The summed E-state index contributed by atoms with van der Waals surface area (Å²) in [7, 11) is 0. The zero-order chi connectivity index (χ0) is 25.5. The standard InChI is InChI=1S/C28H34N4O4/c1-2-25-24(18-32(31-25)22-12-14-23(33)15-13-22)27(19-6-4-3-5-7-19)30-21-10-8-20(9-11-21)28(36)29-17-16-26(34)35/h8-15,18-19,27,30,33H,2-7,16-17H2,1H3,(H,29,36)(H,34,35)/p+1. The second-order valence-electron chi connectivity index (χ2n) is 9.37. The van der Waals surface area contributed by atoms with Crippen molar-refractivity contribution in [2.24, 2.45) is 5.92 Å². The molecule has 8 nitrogen and oxygen atoms in total. The number of amides is 1. The molecule has 36 heavy (non-hydrogen) atoms. The van der Waals surface area contributed by atoms with Gasteiger partial charge in [0.25, 0.3) is 11.7 Å². The van der Waals surface area contributed by atoms with Gasteiger partial charge in [0.1, 0.15) is 0 Å². The Bertz CT molecular complexity index is 1170. The smallest absolute Gasteiger partial charge is 0.305 e. The monoisotopic (exact) mass is 491 g/mol. The van der Waals surface area contributed by atoms with Gasteiger partial charge < -0.3 is 20.8 Å². The van der Waals surface area contributed by atoms with Crippen LogP contribution < -0.4 is 10.6 Å². The molecule has 1 atom stereocenters. The van der Waals surface area contributed by atoms with Crippen molar-refractivity contribution in [3.8, 4) is 11.4 Å². The van der Waals surface area contributed by atoms with Crippen LogP contribution in [-0.2, 0) is 11.2 Å². The molecule has 3 aromatic rings. The van der Waals surface area contributed by atoms with Crippen LogP contribution in [0.5, 0.6) is 5.75 Å². The molecule has 1 fully saturated rings. The van der Waals surface area contributed by atoms with Crippen LogP contribution in [0.3, 0.4) is 0 Å². The molecule has 1 amide bonds. The first-order valence-electron chi connectivity index (χ1n) is 12.7. The van der Waals surface area contributed by atoms with Crippen LogP contribution in [0.25, 0.3) is 5.69 Å². The molecular weight excluding hydrogens is 456 g/mol. The number of hydrogen-bond donors (Lipinski definition) is 3. The number of carbonyl (C=O) groups is 2. The van der Waals surface area contributed by atoms with E-state index in [2.05, 4.69) is 23.8 Å². The molecule has 0 bridgehead atoms. The molecule has 0 saturated heterocycles. The quantitative estimate of drug-likeness (QED) is 0.352. The van der Waals surface area contributed by atoms with Crippen LogP contribution in [-0.4, -0.2) is 38.4 Å². The summed E-state index contributed by atoms with van der Waals surface area (Å²) in [6, 6.07) is 14.8. The summed E-state index contributed by atoms with van der Waals surface area (Å²) in [5, 5.41) is 27.8. The summed E-state index contributed by atoms with van der Waals surface area (Å²) in [5.74, 6) is -0.259. The highest BCUT2D eigenvalue weighted by atomic mass is 16.4. The third-order valence-electron chi connectivity index (χ3n) is 6.84. The van der Waals surface area contributed by atoms with Crippen LogP contribution >= 0.6 is 0 Å². The Morgan fingerprint density at radius 1 is 1.08 bits per heavy atom. The molecule has 1 heterocycles. The van der Waals surface area contributed by atoms with E-state index >= 15 is 0 Å². The maximum absolute atomic E-state index is 12.3. The minimum Gasteiger partial charge on any atom is -0.593 e. The molecule has 0 aliphatic heterocycles. The van der Waals surface area contributed by atoms with E-state index in [1.165, 1.54) is 24.8 Å². The average molecular weight is 492 g/mol. The van der Waals surface area contributed by atoms with Gasteiger partial charge in [0.2, 0.25) is 0 Å². The van der Waals surface area contributed by atoms with E-state index in [0.717, 1.165) is 36.3 Å². The van der Waals surface area contributed by atoms with Crippen LogP contribution in [0.1, 0.15) is 73.1 Å². The Kier molecular flexibility index (Phi) is 8.25. The molecule has 1 aromatic heterocycles. The van der Waals surface area contributed by atoms with Crippen molar-refractivity contribution < 1.29 is 19.8 Å². The predicted octanol–water partition coefficient (Wildman–Crippen LogP) is 4.81. The second-order valence-corrected chi connectivity index (χ2v) is 9.37. The molecule has 4 rings (SSSR count). The predicted molar refractivity (Wildman–Crippen MR) is 140 cm³/mol. The Labute approximate surface area is 211 Å². The maximum Gasteiger partial charge on any atom is 0.305 e. The Hall–Kier alpha value is -3.81. The van der Waals surface area contributed by atoms with E-state index in [1.807, 2.05) is 28.9 Å². The van der Waals surface area contributed by atoms with Crippen molar-refractivity contribution in [1.29, 1.82) is 0 Å². The summed E-state index contributed by atoms with van der Waals surface area (Å²) in [5.41, 5.74) is 4.62. The number of nitrogens with zero attached hydrogens (tertiary/aromatic N) is 2. The van der Waals surface area contributed by atoms with Gasteiger partial charge in [-0.25, -0.2) is 4.68 Å². The topological polar surface area (TPSA) is 119 Å². The lowest BCUT2D eigenvalue weighted by Gasteiger charge is -2.32. The van der Waals surface area contributed by atoms with Gasteiger partial charge in [0.15, 0.2) is 0 Å². The third kappa shape index (κ3) is 6.24. The fourth-order valence-electron chi connectivity index (χ4n) is 4.90. The number of carboxylic acids is 1. The van der Waals surface area contributed by atoms with E-state index < -0.39 is 5.97 Å². The average Bonchev–Trinajstić information content (AvgIpc) is 3.32. The van der Waals surface area contributed by atoms with E-state index in [0.29, 0.717) is 17.2 Å². The third-order valence-corrected chi connectivity index (χ3v) is 6.84. The van der Waals surface area contributed by atoms with E-state index in [1.54, 1.807) is 24.3 Å². The largest absolute Gasteiger partial charge is 0.593 e. The molecule has 1 saturated carbocycles. The van der Waals surface area contributed by atoms with Gasteiger partial charge in [0, 0.05) is 41.7 Å². The first kappa shape index (κ1) is 25.3.